The molecule has 1 aliphatic heterocycles. The lowest BCUT2D eigenvalue weighted by Gasteiger charge is -2.26. The molecule has 3 rings (SSSR count). The molecule has 0 radical (unpaired) electrons. The summed E-state index contributed by atoms with van der Waals surface area (Å²) in [7, 11) is 0. The Kier molecular flexibility index (Phi) is 7.84. The Balaban J connectivity index is 1.55. The van der Waals surface area contributed by atoms with Crippen LogP contribution in [0.4, 0.5) is 0 Å². The number of hydrogen-bond donors (Lipinski definition) is 6. The van der Waals surface area contributed by atoms with E-state index >= 15 is 0 Å². The number of primary amides is 1. The Labute approximate surface area is 195 Å². The fraction of sp³-hybridized carbons (Fsp3) is 0.409. The van der Waals surface area contributed by atoms with Gasteiger partial charge >= 0.3 is 5.97 Å². The number of nitrogens with zero attached hydrogens (tertiary/aromatic N) is 1. The monoisotopic (exact) mass is 472 g/mol. The van der Waals surface area contributed by atoms with E-state index in [0.29, 0.717) is 19.4 Å². The van der Waals surface area contributed by atoms with Crippen LogP contribution in [0.3, 0.4) is 0 Å². The number of carboxylic acid groups (broad SMARTS) is 1. The minimum atomic E-state index is -1.21. The number of carbonyl (C=O) groups excluding carboxylic acids is 4. The number of aromatic amines is 1. The zero-order chi connectivity index (χ0) is 24.8. The van der Waals surface area contributed by atoms with Gasteiger partial charge in [0.1, 0.15) is 12.1 Å². The summed E-state index contributed by atoms with van der Waals surface area (Å²) in [5.41, 5.74) is 12.4. The summed E-state index contributed by atoms with van der Waals surface area (Å²) in [4.78, 5) is 64.5. The van der Waals surface area contributed by atoms with Crippen LogP contribution in [0.2, 0.25) is 0 Å². The molecule has 2 heterocycles. The SMILES string of the molecule is NC(=O)CC(N)C(=O)N1CCCC1C(=O)NCC(=O)NC(Cc1c[nH]c2ccccc12)C(=O)O. The number of carbonyl (C=O) groups is 5. The molecule has 0 bridgehead atoms. The summed E-state index contributed by atoms with van der Waals surface area (Å²) in [6, 6.07) is 4.23. The molecule has 12 heteroatoms. The number of aliphatic carboxylic acids is 1. The number of fused-ring (bicyclic) bond motifs is 1. The maximum Gasteiger partial charge on any atom is 0.326 e. The first kappa shape index (κ1) is 24.7. The largest absolute Gasteiger partial charge is 0.480 e. The third kappa shape index (κ3) is 5.90. The highest BCUT2D eigenvalue weighted by molar-refractivity contribution is 5.94. The number of benzene rings is 1. The van der Waals surface area contributed by atoms with Crippen molar-refractivity contribution in [3.05, 3.63) is 36.0 Å². The van der Waals surface area contributed by atoms with Crippen LogP contribution >= 0.6 is 0 Å². The van der Waals surface area contributed by atoms with Crippen molar-refractivity contribution >= 4 is 40.5 Å². The molecule has 1 aromatic heterocycles. The van der Waals surface area contributed by atoms with E-state index in [1.807, 2.05) is 24.3 Å². The molecule has 0 spiro atoms. The fourth-order valence-corrected chi connectivity index (χ4v) is 4.07. The summed E-state index contributed by atoms with van der Waals surface area (Å²) in [5.74, 6) is -3.73. The summed E-state index contributed by atoms with van der Waals surface area (Å²) < 4.78 is 0. The maximum absolute atomic E-state index is 12.6. The number of H-pyrrole nitrogens is 1. The number of aromatic nitrogens is 1. The van der Waals surface area contributed by atoms with E-state index < -0.39 is 54.3 Å². The third-order valence-electron chi connectivity index (χ3n) is 5.73. The second kappa shape index (κ2) is 10.8. The topological polar surface area (TPSA) is 201 Å². The Hall–Kier alpha value is -3.93. The first-order valence-electron chi connectivity index (χ1n) is 10.9. The Bertz CT molecular complexity index is 1100. The Morgan fingerprint density at radius 2 is 1.94 bits per heavy atom. The van der Waals surface area contributed by atoms with Gasteiger partial charge in [0.25, 0.3) is 0 Å². The van der Waals surface area contributed by atoms with Gasteiger partial charge in [0.15, 0.2) is 0 Å². The molecule has 1 aromatic carbocycles. The molecule has 8 N–H and O–H groups in total. The average molecular weight is 473 g/mol. The molecule has 2 aromatic rings. The van der Waals surface area contributed by atoms with Crippen LogP contribution in [0, 0.1) is 0 Å². The number of likely N-dealkylation sites (tertiary alicyclic amines) is 1. The third-order valence-corrected chi connectivity index (χ3v) is 5.73. The van der Waals surface area contributed by atoms with Crippen LogP contribution in [0.15, 0.2) is 30.5 Å². The maximum atomic E-state index is 12.6. The molecular weight excluding hydrogens is 444 g/mol. The molecule has 4 amide bonds. The van der Waals surface area contributed by atoms with Gasteiger partial charge in [0.2, 0.25) is 23.6 Å². The lowest BCUT2D eigenvalue weighted by atomic mass is 10.0. The predicted molar refractivity (Wildman–Crippen MR) is 121 cm³/mol. The number of hydrogen-bond acceptors (Lipinski definition) is 6. The minimum Gasteiger partial charge on any atom is -0.480 e. The molecule has 12 nitrogen and oxygen atoms in total. The molecule has 3 atom stereocenters. The normalized spacial score (nSPS) is 17.2. The first-order valence-corrected chi connectivity index (χ1v) is 10.9. The van der Waals surface area contributed by atoms with Crippen LogP contribution in [0.1, 0.15) is 24.8 Å². The quantitative estimate of drug-likeness (QED) is 0.244. The van der Waals surface area contributed by atoms with Gasteiger partial charge in [-0.05, 0) is 24.5 Å². The number of amides is 4. The summed E-state index contributed by atoms with van der Waals surface area (Å²) in [6.07, 6.45) is 2.36. The fourth-order valence-electron chi connectivity index (χ4n) is 4.07. The molecule has 1 aliphatic rings. The standard InChI is InChI=1S/C22H28N6O6/c23-14(9-18(24)29)21(32)28-7-3-6-17(28)20(31)26-11-19(30)27-16(22(33)34)8-12-10-25-15-5-2-1-4-13(12)15/h1-2,4-5,10,14,16-17,25H,3,6-9,11,23H2,(H2,24,29)(H,26,31)(H,27,30)(H,33,34). The van der Waals surface area contributed by atoms with Gasteiger partial charge in [-0.3, -0.25) is 19.2 Å². The van der Waals surface area contributed by atoms with E-state index in [9.17, 15) is 29.1 Å². The molecule has 3 unspecified atom stereocenters. The number of carboxylic acids is 1. The van der Waals surface area contributed by atoms with Crippen molar-refractivity contribution in [2.75, 3.05) is 13.1 Å². The molecule has 0 aliphatic carbocycles. The van der Waals surface area contributed by atoms with Crippen LogP contribution in [-0.2, 0) is 30.4 Å². The zero-order valence-corrected chi connectivity index (χ0v) is 18.5. The highest BCUT2D eigenvalue weighted by Crippen LogP contribution is 2.20. The van der Waals surface area contributed by atoms with Gasteiger partial charge in [0.05, 0.1) is 19.0 Å². The van der Waals surface area contributed by atoms with Crippen molar-refractivity contribution in [2.45, 2.75) is 43.8 Å². The molecule has 182 valence electrons. The Morgan fingerprint density at radius 1 is 1.21 bits per heavy atom. The smallest absolute Gasteiger partial charge is 0.326 e. The van der Waals surface area contributed by atoms with E-state index in [1.165, 1.54) is 4.90 Å². The van der Waals surface area contributed by atoms with Gasteiger partial charge in [-0.1, -0.05) is 18.2 Å². The van der Waals surface area contributed by atoms with Crippen LogP contribution in [-0.4, -0.2) is 75.8 Å². The van der Waals surface area contributed by atoms with Crippen molar-refractivity contribution in [3.8, 4) is 0 Å². The molecule has 34 heavy (non-hydrogen) atoms. The number of para-hydroxylation sites is 1. The van der Waals surface area contributed by atoms with Crippen LogP contribution < -0.4 is 22.1 Å². The van der Waals surface area contributed by atoms with Gasteiger partial charge in [-0.2, -0.15) is 0 Å². The first-order chi connectivity index (χ1) is 16.2. The van der Waals surface area contributed by atoms with Gasteiger partial charge in [0, 0.05) is 30.1 Å². The molecule has 1 saturated heterocycles. The number of nitrogens with two attached hydrogens (primary N) is 2. The van der Waals surface area contributed by atoms with Gasteiger partial charge < -0.3 is 37.1 Å². The number of nitrogens with one attached hydrogen (secondary N) is 3. The minimum absolute atomic E-state index is 0.0572. The summed E-state index contributed by atoms with van der Waals surface area (Å²) >= 11 is 0. The van der Waals surface area contributed by atoms with Crippen molar-refractivity contribution < 1.29 is 29.1 Å². The van der Waals surface area contributed by atoms with E-state index in [0.717, 1.165) is 16.5 Å². The lowest BCUT2D eigenvalue weighted by Crippen LogP contribution is -2.53. The second-order valence-corrected chi connectivity index (χ2v) is 8.21. The summed E-state index contributed by atoms with van der Waals surface area (Å²) in [5, 5.41) is 15.3. The number of rotatable bonds is 10. The average Bonchev–Trinajstić information content (AvgIpc) is 3.43. The van der Waals surface area contributed by atoms with Crippen LogP contribution in [0.25, 0.3) is 10.9 Å². The lowest BCUT2D eigenvalue weighted by molar-refractivity contribution is -0.142. The van der Waals surface area contributed by atoms with E-state index in [1.54, 1.807) is 6.20 Å². The highest BCUT2D eigenvalue weighted by atomic mass is 16.4. The summed E-state index contributed by atoms with van der Waals surface area (Å²) in [6.45, 7) is -0.163. The molecular formula is C22H28N6O6. The van der Waals surface area contributed by atoms with Gasteiger partial charge in [-0.15, -0.1) is 0 Å². The highest BCUT2D eigenvalue weighted by Gasteiger charge is 2.36. The zero-order valence-electron chi connectivity index (χ0n) is 18.5. The van der Waals surface area contributed by atoms with E-state index in [2.05, 4.69) is 15.6 Å². The Morgan fingerprint density at radius 3 is 2.65 bits per heavy atom. The second-order valence-electron chi connectivity index (χ2n) is 8.21. The molecule has 0 saturated carbocycles. The predicted octanol–water partition coefficient (Wildman–Crippen LogP) is -1.41. The van der Waals surface area contributed by atoms with Crippen LogP contribution in [0.5, 0.6) is 0 Å². The molecule has 1 fully saturated rings. The van der Waals surface area contributed by atoms with Crippen molar-refractivity contribution in [1.82, 2.24) is 20.5 Å². The van der Waals surface area contributed by atoms with Gasteiger partial charge in [-0.25, -0.2) is 4.79 Å². The van der Waals surface area contributed by atoms with E-state index in [4.69, 9.17) is 11.5 Å². The van der Waals surface area contributed by atoms with E-state index in [-0.39, 0.29) is 12.8 Å². The van der Waals surface area contributed by atoms with Crippen molar-refractivity contribution in [3.63, 3.8) is 0 Å². The van der Waals surface area contributed by atoms with Crippen molar-refractivity contribution in [2.24, 2.45) is 11.5 Å². The van der Waals surface area contributed by atoms with Crippen molar-refractivity contribution in [1.29, 1.82) is 0 Å².